The summed E-state index contributed by atoms with van der Waals surface area (Å²) in [5.41, 5.74) is 14.6. The van der Waals surface area contributed by atoms with Gasteiger partial charge in [0.15, 0.2) is 0 Å². The monoisotopic (exact) mass is 776 g/mol. The molecule has 0 radical (unpaired) electrons. The Labute approximate surface area is 342 Å². The largest absolute Gasteiger partial charge is 0.456 e. The fraction of sp³-hybridized carbons (Fsp3) is 0.0769. The SMILES string of the molecule is CC(C)(C)c1ccc(N2B3c4cc5sc6ccccc6c5cc4-n4c5cc6sc7ccccc7c6cc5c5ccc(c3c54)-c3cc4c(cc32)oc2ccccc24)cc1. The van der Waals surface area contributed by atoms with E-state index in [1.54, 1.807) is 0 Å². The van der Waals surface area contributed by atoms with Crippen molar-refractivity contribution in [2.45, 2.75) is 26.2 Å². The summed E-state index contributed by atoms with van der Waals surface area (Å²) in [6.07, 6.45) is 0. The molecule has 272 valence electrons. The molecular formula is C52H33BN2OS2. The van der Waals surface area contributed by atoms with Crippen LogP contribution in [0.15, 0.2) is 150 Å². The average Bonchev–Trinajstić information content (AvgIpc) is 3.99. The number of anilines is 2. The Bertz CT molecular complexity index is 3800. The van der Waals surface area contributed by atoms with Gasteiger partial charge in [0, 0.05) is 90.6 Å². The first-order valence-corrected chi connectivity index (χ1v) is 21.7. The lowest BCUT2D eigenvalue weighted by atomic mass is 9.44. The molecular weight excluding hydrogens is 744 g/mol. The highest BCUT2D eigenvalue weighted by Gasteiger charge is 2.44. The van der Waals surface area contributed by atoms with Gasteiger partial charge >= 0.3 is 6.85 Å². The molecule has 12 aromatic rings. The maximum Gasteiger partial charge on any atom is 0.333 e. The van der Waals surface area contributed by atoms with Gasteiger partial charge < -0.3 is 13.8 Å². The number of para-hydroxylation sites is 1. The van der Waals surface area contributed by atoms with Crippen LogP contribution in [0.4, 0.5) is 11.4 Å². The summed E-state index contributed by atoms with van der Waals surface area (Å²) in [6.45, 7) is 6.81. The molecule has 8 aromatic carbocycles. The van der Waals surface area contributed by atoms with Gasteiger partial charge in [0.25, 0.3) is 0 Å². The van der Waals surface area contributed by atoms with Gasteiger partial charge in [-0.15, -0.1) is 22.7 Å². The second-order valence-corrected chi connectivity index (χ2v) is 19.4. The van der Waals surface area contributed by atoms with Crippen molar-refractivity contribution in [1.29, 1.82) is 0 Å². The molecule has 0 saturated carbocycles. The second-order valence-electron chi connectivity index (χ2n) is 17.3. The molecule has 2 aliphatic heterocycles. The number of rotatable bonds is 1. The van der Waals surface area contributed by atoms with Crippen LogP contribution in [0.1, 0.15) is 26.3 Å². The van der Waals surface area contributed by atoms with Gasteiger partial charge in [0.2, 0.25) is 0 Å². The zero-order valence-electron chi connectivity index (χ0n) is 32.1. The van der Waals surface area contributed by atoms with Crippen LogP contribution in [0.5, 0.6) is 0 Å². The summed E-state index contributed by atoms with van der Waals surface area (Å²) in [7, 11) is 0. The number of fused-ring (bicyclic) bond motifs is 17. The van der Waals surface area contributed by atoms with Crippen molar-refractivity contribution in [3.8, 4) is 16.8 Å². The quantitative estimate of drug-likeness (QED) is 0.155. The van der Waals surface area contributed by atoms with E-state index in [1.165, 1.54) is 107 Å². The van der Waals surface area contributed by atoms with Gasteiger partial charge in [-0.25, -0.2) is 0 Å². The highest BCUT2D eigenvalue weighted by molar-refractivity contribution is 7.26. The van der Waals surface area contributed by atoms with E-state index in [4.69, 9.17) is 4.42 Å². The van der Waals surface area contributed by atoms with E-state index >= 15 is 0 Å². The van der Waals surface area contributed by atoms with Gasteiger partial charge in [-0.3, -0.25) is 0 Å². The Balaban J connectivity index is 1.17. The Hall–Kier alpha value is -6.34. The third-order valence-electron chi connectivity index (χ3n) is 13.1. The van der Waals surface area contributed by atoms with Crippen LogP contribution in [0.3, 0.4) is 0 Å². The fourth-order valence-corrected chi connectivity index (χ4v) is 12.7. The topological polar surface area (TPSA) is 21.3 Å². The van der Waals surface area contributed by atoms with Gasteiger partial charge in [-0.05, 0) is 88.1 Å². The van der Waals surface area contributed by atoms with Crippen LogP contribution in [-0.4, -0.2) is 11.4 Å². The molecule has 0 atom stereocenters. The van der Waals surface area contributed by atoms with E-state index in [0.717, 1.165) is 21.9 Å². The normalized spacial score (nSPS) is 13.7. The predicted molar refractivity (Wildman–Crippen MR) is 252 cm³/mol. The lowest BCUT2D eigenvalue weighted by Crippen LogP contribution is -2.60. The minimum absolute atomic E-state index is 0.0434. The zero-order chi connectivity index (χ0) is 38.2. The van der Waals surface area contributed by atoms with Crippen LogP contribution >= 0.6 is 22.7 Å². The third kappa shape index (κ3) is 3.99. The molecule has 6 heteroatoms. The van der Waals surface area contributed by atoms with Crippen LogP contribution in [0.25, 0.3) is 101 Å². The lowest BCUT2D eigenvalue weighted by Gasteiger charge is -2.42. The van der Waals surface area contributed by atoms with Crippen LogP contribution in [0, 0.1) is 0 Å². The Morgan fingerprint density at radius 1 is 0.500 bits per heavy atom. The third-order valence-corrected chi connectivity index (χ3v) is 15.4. The summed E-state index contributed by atoms with van der Waals surface area (Å²) in [6, 6.07) is 55.1. The molecule has 0 aliphatic carbocycles. The Morgan fingerprint density at radius 2 is 1.19 bits per heavy atom. The van der Waals surface area contributed by atoms with Crippen molar-refractivity contribution in [1.82, 2.24) is 4.57 Å². The van der Waals surface area contributed by atoms with Crippen LogP contribution < -0.4 is 15.7 Å². The molecule has 58 heavy (non-hydrogen) atoms. The Kier molecular flexibility index (Phi) is 5.90. The summed E-state index contributed by atoms with van der Waals surface area (Å²) < 4.78 is 14.6. The summed E-state index contributed by atoms with van der Waals surface area (Å²) in [5, 5.41) is 10.2. The summed E-state index contributed by atoms with van der Waals surface area (Å²) in [4.78, 5) is 2.63. The summed E-state index contributed by atoms with van der Waals surface area (Å²) in [5.74, 6) is 0. The molecule has 0 N–H and O–H groups in total. The molecule has 4 aromatic heterocycles. The highest BCUT2D eigenvalue weighted by Crippen LogP contribution is 2.49. The van der Waals surface area contributed by atoms with Crippen molar-refractivity contribution in [3.63, 3.8) is 0 Å². The molecule has 3 nitrogen and oxygen atoms in total. The smallest absolute Gasteiger partial charge is 0.333 e. The van der Waals surface area contributed by atoms with Gasteiger partial charge in [0.1, 0.15) is 11.2 Å². The molecule has 0 amide bonds. The van der Waals surface area contributed by atoms with Gasteiger partial charge in [-0.1, -0.05) is 99.6 Å². The second kappa shape index (κ2) is 10.8. The van der Waals surface area contributed by atoms with Gasteiger partial charge in [0.05, 0.1) is 11.0 Å². The average molecular weight is 777 g/mol. The minimum atomic E-state index is -0.0723. The number of furan rings is 1. The molecule has 0 spiro atoms. The number of thiophene rings is 2. The van der Waals surface area contributed by atoms with Crippen molar-refractivity contribution in [2.24, 2.45) is 0 Å². The number of aromatic nitrogens is 1. The zero-order valence-corrected chi connectivity index (χ0v) is 33.7. The van der Waals surface area contributed by atoms with E-state index in [1.807, 2.05) is 22.7 Å². The minimum Gasteiger partial charge on any atom is -0.456 e. The van der Waals surface area contributed by atoms with E-state index in [0.29, 0.717) is 0 Å². The van der Waals surface area contributed by atoms with Gasteiger partial charge in [-0.2, -0.15) is 0 Å². The van der Waals surface area contributed by atoms with E-state index in [2.05, 4.69) is 176 Å². The number of benzene rings is 8. The predicted octanol–water partition coefficient (Wildman–Crippen LogP) is 14.0. The van der Waals surface area contributed by atoms with E-state index in [-0.39, 0.29) is 12.3 Å². The van der Waals surface area contributed by atoms with Crippen LogP contribution in [-0.2, 0) is 5.41 Å². The summed E-state index contributed by atoms with van der Waals surface area (Å²) >= 11 is 3.80. The molecule has 6 heterocycles. The number of hydrogen-bond acceptors (Lipinski definition) is 4. The number of nitrogens with zero attached hydrogens (tertiary/aromatic N) is 2. The first kappa shape index (κ1) is 31.7. The highest BCUT2D eigenvalue weighted by atomic mass is 32.1. The molecule has 0 bridgehead atoms. The van der Waals surface area contributed by atoms with Crippen molar-refractivity contribution in [2.75, 3.05) is 4.81 Å². The molecule has 0 fully saturated rings. The Morgan fingerprint density at radius 3 is 1.95 bits per heavy atom. The van der Waals surface area contributed by atoms with Crippen molar-refractivity contribution < 1.29 is 4.42 Å². The maximum atomic E-state index is 6.64. The van der Waals surface area contributed by atoms with E-state index in [9.17, 15) is 0 Å². The van der Waals surface area contributed by atoms with E-state index < -0.39 is 0 Å². The maximum absolute atomic E-state index is 6.64. The fourth-order valence-electron chi connectivity index (χ4n) is 10.4. The van der Waals surface area contributed by atoms with Crippen LogP contribution in [0.2, 0.25) is 0 Å². The molecule has 2 aliphatic rings. The van der Waals surface area contributed by atoms with Crippen molar-refractivity contribution in [3.05, 3.63) is 151 Å². The number of hydrogen-bond donors (Lipinski definition) is 0. The molecule has 0 unspecified atom stereocenters. The first-order valence-electron chi connectivity index (χ1n) is 20.1. The standard InChI is InChI=1S/C52H33BN2OS2/c1-52(2,3)28-16-18-29(19-17-28)55-42-26-45-37(30-10-4-7-13-44(30)56-45)22-35(42)33-20-21-34-36-23-38-31-11-5-8-14-46(31)58-49(38)27-41(36)54-43-24-39-32-12-6-9-15-47(32)57-48(39)25-40(43)53(55)50(33)51(34)54/h4-27H,1-3H3. The molecule has 0 saturated heterocycles. The first-order chi connectivity index (χ1) is 28.4. The lowest BCUT2D eigenvalue weighted by molar-refractivity contribution is 0.590. The van der Waals surface area contributed by atoms with Crippen molar-refractivity contribution >= 4 is 136 Å². The molecule has 14 rings (SSSR count).